The van der Waals surface area contributed by atoms with E-state index in [1.807, 2.05) is 0 Å². The summed E-state index contributed by atoms with van der Waals surface area (Å²) in [6.07, 6.45) is -1.21. The summed E-state index contributed by atoms with van der Waals surface area (Å²) in [5.41, 5.74) is -0.695. The molecule has 0 spiro atoms. The van der Waals surface area contributed by atoms with Gasteiger partial charge < -0.3 is 24.1 Å². The van der Waals surface area contributed by atoms with Crippen molar-refractivity contribution in [3.05, 3.63) is 32.6 Å². The quantitative estimate of drug-likeness (QED) is 0.721. The second kappa shape index (κ2) is 5.94. The van der Waals surface area contributed by atoms with Crippen LogP contribution in [0.3, 0.4) is 0 Å². The van der Waals surface area contributed by atoms with Gasteiger partial charge in [0.15, 0.2) is 6.23 Å². The normalized spacial score (nSPS) is 34.0. The van der Waals surface area contributed by atoms with E-state index >= 15 is 0 Å². The number of H-pyrrole nitrogens is 1. The highest BCUT2D eigenvalue weighted by Crippen LogP contribution is 2.38. The number of aromatic nitrogens is 2. The minimum Gasteiger partial charge on any atom is -0.394 e. The molecule has 3 heterocycles. The fourth-order valence-electron chi connectivity index (χ4n) is 2.67. The highest BCUT2D eigenvalue weighted by atomic mass is 16.9. The first-order chi connectivity index (χ1) is 10.5. The lowest BCUT2D eigenvalue weighted by Gasteiger charge is -2.20. The number of hydrogen-bond acceptors (Lipinski definition) is 7. The molecular formula is C13H18N2O7. The van der Waals surface area contributed by atoms with Crippen LogP contribution >= 0.6 is 0 Å². The van der Waals surface area contributed by atoms with Gasteiger partial charge in [-0.2, -0.15) is 0 Å². The van der Waals surface area contributed by atoms with Gasteiger partial charge in [0.1, 0.15) is 18.3 Å². The van der Waals surface area contributed by atoms with E-state index in [0.717, 1.165) is 0 Å². The summed E-state index contributed by atoms with van der Waals surface area (Å²) in [6.45, 7) is 2.64. The average Bonchev–Trinajstić information content (AvgIpc) is 3.02. The number of rotatable bonds is 4. The van der Waals surface area contributed by atoms with Gasteiger partial charge in [0.05, 0.1) is 6.61 Å². The highest BCUT2D eigenvalue weighted by molar-refractivity contribution is 5.04. The van der Waals surface area contributed by atoms with E-state index in [1.54, 1.807) is 13.8 Å². The van der Waals surface area contributed by atoms with Gasteiger partial charge in [0.25, 0.3) is 12.0 Å². The fourth-order valence-corrected chi connectivity index (χ4v) is 2.67. The lowest BCUT2D eigenvalue weighted by atomic mass is 10.1. The molecule has 5 atom stereocenters. The first-order valence-electron chi connectivity index (χ1n) is 7.06. The zero-order chi connectivity index (χ0) is 15.9. The number of aromatic amines is 1. The second-order valence-corrected chi connectivity index (χ2v) is 5.17. The van der Waals surface area contributed by atoms with Crippen LogP contribution in [0.4, 0.5) is 0 Å². The standard InChI is InChI=1S/C13H18N2O7/c1-3-19-13-21-8-7(5-16)20-11(9(8)22-13)15-4-6(2)10(17)14-12(15)18/h4,7-9,11,13,16H,3,5H2,1-2H3,(H,14,17,18)/t7-,8-,9-,11-,13?/m1/s1. The van der Waals surface area contributed by atoms with E-state index in [-0.39, 0.29) is 6.61 Å². The molecule has 1 aromatic rings. The van der Waals surface area contributed by atoms with E-state index in [0.29, 0.717) is 12.2 Å². The van der Waals surface area contributed by atoms with E-state index < -0.39 is 42.3 Å². The van der Waals surface area contributed by atoms with Crippen LogP contribution in [0.5, 0.6) is 0 Å². The fraction of sp³-hybridized carbons (Fsp3) is 0.692. The monoisotopic (exact) mass is 314 g/mol. The van der Waals surface area contributed by atoms with Crippen molar-refractivity contribution in [2.75, 3.05) is 13.2 Å². The average molecular weight is 314 g/mol. The zero-order valence-electron chi connectivity index (χ0n) is 12.2. The van der Waals surface area contributed by atoms with E-state index in [2.05, 4.69) is 4.98 Å². The molecule has 0 aliphatic carbocycles. The maximum atomic E-state index is 12.0. The van der Waals surface area contributed by atoms with Crippen molar-refractivity contribution in [3.63, 3.8) is 0 Å². The van der Waals surface area contributed by atoms with Crippen LogP contribution in [-0.4, -0.2) is 52.7 Å². The van der Waals surface area contributed by atoms with Crippen molar-refractivity contribution in [1.29, 1.82) is 0 Å². The molecule has 9 heteroatoms. The summed E-state index contributed by atoms with van der Waals surface area (Å²) in [5, 5.41) is 9.42. The number of nitrogens with one attached hydrogen (secondary N) is 1. The smallest absolute Gasteiger partial charge is 0.330 e. The molecule has 0 radical (unpaired) electrons. The molecule has 2 saturated heterocycles. The Morgan fingerprint density at radius 1 is 1.32 bits per heavy atom. The van der Waals surface area contributed by atoms with Gasteiger partial charge in [-0.1, -0.05) is 0 Å². The molecule has 0 bridgehead atoms. The van der Waals surface area contributed by atoms with Crippen LogP contribution in [0.1, 0.15) is 18.7 Å². The van der Waals surface area contributed by atoms with Crippen LogP contribution in [-0.2, 0) is 18.9 Å². The molecule has 3 rings (SSSR count). The zero-order valence-corrected chi connectivity index (χ0v) is 12.2. The Kier molecular flexibility index (Phi) is 4.15. The molecule has 22 heavy (non-hydrogen) atoms. The number of nitrogens with zero attached hydrogens (tertiary/aromatic N) is 1. The highest BCUT2D eigenvalue weighted by Gasteiger charge is 2.53. The van der Waals surface area contributed by atoms with Gasteiger partial charge >= 0.3 is 5.69 Å². The minimum absolute atomic E-state index is 0.281. The first-order valence-corrected chi connectivity index (χ1v) is 7.06. The summed E-state index contributed by atoms with van der Waals surface area (Å²) < 4.78 is 23.3. The summed E-state index contributed by atoms with van der Waals surface area (Å²) >= 11 is 0. The maximum Gasteiger partial charge on any atom is 0.330 e. The van der Waals surface area contributed by atoms with E-state index in [9.17, 15) is 14.7 Å². The van der Waals surface area contributed by atoms with Crippen molar-refractivity contribution in [2.24, 2.45) is 0 Å². The summed E-state index contributed by atoms with van der Waals surface area (Å²) in [7, 11) is 0. The Balaban J connectivity index is 1.93. The molecule has 2 aliphatic rings. The molecule has 2 fully saturated rings. The Morgan fingerprint density at radius 2 is 2.05 bits per heavy atom. The third-order valence-electron chi connectivity index (χ3n) is 3.72. The van der Waals surface area contributed by atoms with Crippen molar-refractivity contribution >= 4 is 0 Å². The van der Waals surface area contributed by atoms with Gasteiger partial charge in [-0.05, 0) is 13.8 Å². The third-order valence-corrected chi connectivity index (χ3v) is 3.72. The van der Waals surface area contributed by atoms with Crippen molar-refractivity contribution in [1.82, 2.24) is 9.55 Å². The summed E-state index contributed by atoms with van der Waals surface area (Å²) in [4.78, 5) is 25.7. The van der Waals surface area contributed by atoms with Gasteiger partial charge in [0.2, 0.25) is 0 Å². The van der Waals surface area contributed by atoms with Gasteiger partial charge in [-0.15, -0.1) is 0 Å². The topological polar surface area (TPSA) is 112 Å². The van der Waals surface area contributed by atoms with Crippen LogP contribution in [0.2, 0.25) is 0 Å². The van der Waals surface area contributed by atoms with Crippen LogP contribution in [0.25, 0.3) is 0 Å². The number of aliphatic hydroxyl groups excluding tert-OH is 1. The molecule has 2 aliphatic heterocycles. The molecule has 0 saturated carbocycles. The summed E-state index contributed by atoms with van der Waals surface area (Å²) in [5.74, 6) is 0. The van der Waals surface area contributed by atoms with Crippen LogP contribution in [0, 0.1) is 6.92 Å². The third kappa shape index (κ3) is 2.50. The van der Waals surface area contributed by atoms with Crippen molar-refractivity contribution in [3.8, 4) is 0 Å². The molecule has 2 N–H and O–H groups in total. The molecule has 9 nitrogen and oxygen atoms in total. The van der Waals surface area contributed by atoms with Crippen molar-refractivity contribution in [2.45, 2.75) is 44.9 Å². The Morgan fingerprint density at radius 3 is 2.73 bits per heavy atom. The van der Waals surface area contributed by atoms with Gasteiger partial charge in [-0.25, -0.2) is 4.79 Å². The second-order valence-electron chi connectivity index (χ2n) is 5.17. The van der Waals surface area contributed by atoms with Crippen molar-refractivity contribution < 1.29 is 24.1 Å². The number of aliphatic hydroxyl groups is 1. The summed E-state index contributed by atoms with van der Waals surface area (Å²) in [6, 6.07) is 0. The molecule has 1 aromatic heterocycles. The van der Waals surface area contributed by atoms with E-state index in [1.165, 1.54) is 10.8 Å². The molecular weight excluding hydrogens is 296 g/mol. The lowest BCUT2D eigenvalue weighted by molar-refractivity contribution is -0.266. The van der Waals surface area contributed by atoms with Gasteiger partial charge in [-0.3, -0.25) is 14.3 Å². The molecule has 0 aromatic carbocycles. The largest absolute Gasteiger partial charge is 0.394 e. The maximum absolute atomic E-state index is 12.0. The number of aryl methyl sites for hydroxylation is 1. The number of hydrogen-bond donors (Lipinski definition) is 2. The number of ether oxygens (including phenoxy) is 4. The minimum atomic E-state index is -0.861. The van der Waals surface area contributed by atoms with E-state index in [4.69, 9.17) is 18.9 Å². The molecule has 0 amide bonds. The lowest BCUT2D eigenvalue weighted by Crippen LogP contribution is -2.37. The molecule has 122 valence electrons. The predicted molar refractivity (Wildman–Crippen MR) is 72.2 cm³/mol. The van der Waals surface area contributed by atoms with Crippen LogP contribution < -0.4 is 11.2 Å². The Labute approximate surface area is 125 Å². The Hall–Kier alpha value is -1.52. The number of fused-ring (bicyclic) bond motifs is 1. The molecule has 1 unspecified atom stereocenters. The SMILES string of the molecule is CCOC1O[C@@H]2[C@H](O1)[C@@H](CO)O[C@H]2n1cc(C)c(=O)[nH]c1=O. The Bertz CT molecular complexity index is 655. The van der Waals surface area contributed by atoms with Gasteiger partial charge in [0, 0.05) is 18.4 Å². The predicted octanol–water partition coefficient (Wildman–Crippen LogP) is -1.16. The van der Waals surface area contributed by atoms with Crippen LogP contribution in [0.15, 0.2) is 15.8 Å². The first kappa shape index (κ1) is 15.4.